The molecule has 3 heterocycles. The molecule has 0 bridgehead atoms. The number of rotatable bonds is 5. The highest BCUT2D eigenvalue weighted by Crippen LogP contribution is 2.37. The van der Waals surface area contributed by atoms with Crippen LogP contribution < -0.4 is 5.32 Å². The average molecular weight is 346 g/mol. The molecule has 0 unspecified atom stereocenters. The first-order valence-corrected chi connectivity index (χ1v) is 9.49. The van der Waals surface area contributed by atoms with Crippen molar-refractivity contribution in [2.75, 3.05) is 19.6 Å². The number of aromatic nitrogens is 4. The lowest BCUT2D eigenvalue weighted by Crippen LogP contribution is -2.40. The minimum atomic E-state index is 0.0165. The van der Waals surface area contributed by atoms with Gasteiger partial charge in [-0.05, 0) is 61.2 Å². The lowest BCUT2D eigenvalue weighted by atomic mass is 10.1. The smallest absolute Gasteiger partial charge is 0.254 e. The lowest BCUT2D eigenvalue weighted by Gasteiger charge is -2.23. The zero-order valence-electron chi connectivity index (χ0n) is 13.9. The predicted octanol–water partition coefficient (Wildman–Crippen LogP) is 1.43. The molecule has 2 aromatic rings. The van der Waals surface area contributed by atoms with Crippen LogP contribution in [0.3, 0.4) is 0 Å². The van der Waals surface area contributed by atoms with Crippen LogP contribution in [0.25, 0.3) is 5.00 Å². The fourth-order valence-corrected chi connectivity index (χ4v) is 5.18. The third-order valence-corrected chi connectivity index (χ3v) is 6.37. The van der Waals surface area contributed by atoms with Crippen LogP contribution in [0, 0.1) is 0 Å². The van der Waals surface area contributed by atoms with Crippen molar-refractivity contribution in [3.05, 3.63) is 22.3 Å². The number of nitrogens with zero attached hydrogens (tertiary/aromatic N) is 5. The summed E-state index contributed by atoms with van der Waals surface area (Å²) < 4.78 is 1.62. The molecule has 7 nitrogen and oxygen atoms in total. The minimum absolute atomic E-state index is 0.0165. The Labute approximate surface area is 145 Å². The van der Waals surface area contributed by atoms with Crippen molar-refractivity contribution in [3.8, 4) is 5.00 Å². The number of likely N-dealkylation sites (N-methyl/N-ethyl adjacent to an activating group) is 1. The normalized spacial score (nSPS) is 20.5. The number of aryl methyl sites for hydroxylation is 1. The molecular formula is C16H22N6OS. The Bertz CT molecular complexity index is 725. The van der Waals surface area contributed by atoms with Crippen LogP contribution in [0.15, 0.2) is 6.33 Å². The molecule has 1 amide bonds. The second-order valence-electron chi connectivity index (χ2n) is 6.43. The molecule has 0 aromatic carbocycles. The molecule has 0 saturated carbocycles. The van der Waals surface area contributed by atoms with Crippen LogP contribution in [-0.4, -0.2) is 56.7 Å². The van der Waals surface area contributed by atoms with Crippen LogP contribution in [0.4, 0.5) is 0 Å². The molecule has 1 N–H and O–H groups in total. The molecule has 2 aliphatic rings. The van der Waals surface area contributed by atoms with Gasteiger partial charge in [0.1, 0.15) is 11.3 Å². The zero-order valence-corrected chi connectivity index (χ0v) is 14.7. The molecule has 1 aliphatic heterocycles. The van der Waals surface area contributed by atoms with E-state index in [2.05, 4.69) is 32.7 Å². The number of nitrogens with one attached hydrogen (secondary N) is 1. The predicted molar refractivity (Wildman–Crippen MR) is 91.7 cm³/mol. The van der Waals surface area contributed by atoms with Crippen LogP contribution in [-0.2, 0) is 12.8 Å². The molecule has 1 fully saturated rings. The molecule has 1 atom stereocenters. The van der Waals surface area contributed by atoms with Gasteiger partial charge in [-0.2, -0.15) is 4.68 Å². The van der Waals surface area contributed by atoms with Crippen molar-refractivity contribution in [2.45, 2.75) is 45.1 Å². The molecular weight excluding hydrogens is 324 g/mol. The fourth-order valence-electron chi connectivity index (χ4n) is 3.88. The number of fused-ring (bicyclic) bond motifs is 1. The summed E-state index contributed by atoms with van der Waals surface area (Å²) in [6.45, 7) is 5.08. The van der Waals surface area contributed by atoms with E-state index in [9.17, 15) is 4.79 Å². The lowest BCUT2D eigenvalue weighted by molar-refractivity contribution is 0.0941. The molecule has 8 heteroatoms. The number of carbonyl (C=O) groups is 1. The van der Waals surface area contributed by atoms with Gasteiger partial charge in [0.25, 0.3) is 5.91 Å². The van der Waals surface area contributed by atoms with Crippen LogP contribution in [0.2, 0.25) is 0 Å². The van der Waals surface area contributed by atoms with Gasteiger partial charge in [-0.15, -0.1) is 16.4 Å². The standard InChI is InChI=1S/C16H22N6OS/c1-2-21-8-4-5-11(21)9-17-15(23)14-12-6-3-7-13(12)24-16(14)22-10-18-19-20-22/h10-11H,2-9H2,1H3,(H,17,23)/t11-/m0/s1. The highest BCUT2D eigenvalue weighted by atomic mass is 32.1. The largest absolute Gasteiger partial charge is 0.350 e. The van der Waals surface area contributed by atoms with E-state index in [0.29, 0.717) is 12.6 Å². The van der Waals surface area contributed by atoms with Gasteiger partial charge in [-0.25, -0.2) is 0 Å². The maximum atomic E-state index is 12.9. The summed E-state index contributed by atoms with van der Waals surface area (Å²) in [6.07, 6.45) is 7.10. The highest BCUT2D eigenvalue weighted by molar-refractivity contribution is 7.15. The van der Waals surface area contributed by atoms with Gasteiger partial charge in [0.15, 0.2) is 0 Å². The number of carbonyl (C=O) groups excluding carboxylic acids is 1. The van der Waals surface area contributed by atoms with Gasteiger partial charge in [0.2, 0.25) is 0 Å². The number of hydrogen-bond donors (Lipinski definition) is 1. The number of tetrazole rings is 1. The highest BCUT2D eigenvalue weighted by Gasteiger charge is 2.29. The number of likely N-dealkylation sites (tertiary alicyclic amines) is 1. The van der Waals surface area contributed by atoms with E-state index in [1.807, 2.05) is 0 Å². The fraction of sp³-hybridized carbons (Fsp3) is 0.625. The molecule has 24 heavy (non-hydrogen) atoms. The van der Waals surface area contributed by atoms with E-state index in [-0.39, 0.29) is 5.91 Å². The Kier molecular flexibility index (Phi) is 4.32. The summed E-state index contributed by atoms with van der Waals surface area (Å²) in [7, 11) is 0. The maximum Gasteiger partial charge on any atom is 0.254 e. The van der Waals surface area contributed by atoms with E-state index >= 15 is 0 Å². The molecule has 0 radical (unpaired) electrons. The molecule has 128 valence electrons. The second-order valence-corrected chi connectivity index (χ2v) is 7.51. The molecule has 1 aliphatic carbocycles. The van der Waals surface area contributed by atoms with E-state index in [1.165, 1.54) is 16.9 Å². The first-order chi connectivity index (χ1) is 11.8. The number of hydrogen-bond acceptors (Lipinski definition) is 6. The summed E-state index contributed by atoms with van der Waals surface area (Å²) in [4.78, 5) is 16.7. The number of thiophene rings is 1. The summed E-state index contributed by atoms with van der Waals surface area (Å²) in [5, 5.41) is 15.4. The van der Waals surface area contributed by atoms with Crippen molar-refractivity contribution in [1.29, 1.82) is 0 Å². The Morgan fingerprint density at radius 1 is 1.42 bits per heavy atom. The van der Waals surface area contributed by atoms with Gasteiger partial charge in [-0.1, -0.05) is 6.92 Å². The minimum Gasteiger partial charge on any atom is -0.350 e. The first kappa shape index (κ1) is 15.7. The quantitative estimate of drug-likeness (QED) is 0.886. The Morgan fingerprint density at radius 3 is 3.12 bits per heavy atom. The monoisotopic (exact) mass is 346 g/mol. The van der Waals surface area contributed by atoms with Gasteiger partial charge in [-0.3, -0.25) is 9.69 Å². The summed E-state index contributed by atoms with van der Waals surface area (Å²) in [5.74, 6) is 0.0165. The van der Waals surface area contributed by atoms with Crippen molar-refractivity contribution in [1.82, 2.24) is 30.4 Å². The average Bonchev–Trinajstić information content (AvgIpc) is 3.35. The van der Waals surface area contributed by atoms with Gasteiger partial charge in [0.05, 0.1) is 5.56 Å². The van der Waals surface area contributed by atoms with E-state index in [1.54, 1.807) is 22.3 Å². The van der Waals surface area contributed by atoms with Gasteiger partial charge in [0, 0.05) is 17.5 Å². The van der Waals surface area contributed by atoms with Crippen molar-refractivity contribution in [2.24, 2.45) is 0 Å². The molecule has 0 spiro atoms. The summed E-state index contributed by atoms with van der Waals surface area (Å²) >= 11 is 1.65. The third-order valence-electron chi connectivity index (χ3n) is 5.09. The molecule has 2 aromatic heterocycles. The number of amides is 1. The first-order valence-electron chi connectivity index (χ1n) is 8.68. The van der Waals surface area contributed by atoms with Crippen molar-refractivity contribution >= 4 is 17.2 Å². The van der Waals surface area contributed by atoms with Crippen LogP contribution in [0.5, 0.6) is 0 Å². The van der Waals surface area contributed by atoms with E-state index < -0.39 is 0 Å². The van der Waals surface area contributed by atoms with Gasteiger partial charge < -0.3 is 5.32 Å². The Hall–Kier alpha value is -1.80. The van der Waals surface area contributed by atoms with E-state index in [4.69, 9.17) is 0 Å². The topological polar surface area (TPSA) is 75.9 Å². The Morgan fingerprint density at radius 2 is 2.33 bits per heavy atom. The third kappa shape index (κ3) is 2.73. The zero-order chi connectivity index (χ0) is 16.5. The van der Waals surface area contributed by atoms with Crippen LogP contribution >= 0.6 is 11.3 Å². The summed E-state index contributed by atoms with van der Waals surface area (Å²) in [6, 6.07) is 0.460. The Balaban J connectivity index is 1.56. The maximum absolute atomic E-state index is 12.9. The summed E-state index contributed by atoms with van der Waals surface area (Å²) in [5.41, 5.74) is 1.97. The molecule has 1 saturated heterocycles. The van der Waals surface area contributed by atoms with Gasteiger partial charge >= 0.3 is 0 Å². The van der Waals surface area contributed by atoms with Crippen LogP contribution in [0.1, 0.15) is 47.0 Å². The van der Waals surface area contributed by atoms with Crippen molar-refractivity contribution in [3.63, 3.8) is 0 Å². The van der Waals surface area contributed by atoms with Crippen molar-refractivity contribution < 1.29 is 4.79 Å². The van der Waals surface area contributed by atoms with E-state index in [0.717, 1.165) is 49.3 Å². The molecule has 4 rings (SSSR count). The second kappa shape index (κ2) is 6.60. The SMILES string of the molecule is CCN1CCC[C@H]1CNC(=O)c1c(-n2cnnn2)sc2c1CCC2.